The fraction of sp³-hybridized carbons (Fsp3) is 0.250. The predicted octanol–water partition coefficient (Wildman–Crippen LogP) is 4.04. The van der Waals surface area contributed by atoms with Gasteiger partial charge in [0, 0.05) is 42.2 Å². The third-order valence-electron chi connectivity index (χ3n) is 4.15. The van der Waals surface area contributed by atoms with Gasteiger partial charge in [0.25, 0.3) is 0 Å². The highest BCUT2D eigenvalue weighted by Crippen LogP contribution is 2.45. The number of anilines is 1. The second-order valence-electron chi connectivity index (χ2n) is 5.26. The zero-order valence-corrected chi connectivity index (χ0v) is 12.5. The summed E-state index contributed by atoms with van der Waals surface area (Å²) < 4.78 is 0. The molecule has 2 aliphatic rings. The van der Waals surface area contributed by atoms with Crippen molar-refractivity contribution in [2.45, 2.75) is 19.3 Å². The Bertz CT molecular complexity index is 712. The van der Waals surface area contributed by atoms with E-state index in [4.69, 9.17) is 23.8 Å². The van der Waals surface area contributed by atoms with E-state index in [1.165, 1.54) is 16.8 Å². The van der Waals surface area contributed by atoms with Gasteiger partial charge in [-0.2, -0.15) is 0 Å². The van der Waals surface area contributed by atoms with Gasteiger partial charge in [-0.1, -0.05) is 29.9 Å². The molecule has 0 spiro atoms. The predicted molar refractivity (Wildman–Crippen MR) is 86.7 cm³/mol. The third-order valence-corrected chi connectivity index (χ3v) is 5.00. The molecule has 0 atom stereocenters. The maximum atomic E-state index is 6.68. The highest BCUT2D eigenvalue weighted by atomic mass is 35.5. The maximum absolute atomic E-state index is 6.68. The number of hydrogen-bond donors (Lipinski definition) is 0. The van der Waals surface area contributed by atoms with Gasteiger partial charge >= 0.3 is 0 Å². The van der Waals surface area contributed by atoms with E-state index >= 15 is 0 Å². The summed E-state index contributed by atoms with van der Waals surface area (Å²) in [4.78, 5) is 7.53. The van der Waals surface area contributed by atoms with Crippen LogP contribution in [0, 0.1) is 0 Å². The number of aromatic nitrogens is 1. The van der Waals surface area contributed by atoms with Crippen molar-refractivity contribution in [2.75, 3.05) is 11.4 Å². The van der Waals surface area contributed by atoms with Crippen molar-refractivity contribution in [3.63, 3.8) is 0 Å². The van der Waals surface area contributed by atoms with Gasteiger partial charge in [0.05, 0.1) is 10.0 Å². The van der Waals surface area contributed by atoms with Gasteiger partial charge in [-0.3, -0.25) is 4.98 Å². The van der Waals surface area contributed by atoms with Crippen LogP contribution >= 0.6 is 23.8 Å². The van der Waals surface area contributed by atoms with Crippen molar-refractivity contribution < 1.29 is 0 Å². The minimum atomic E-state index is 0.867. The first-order chi connectivity index (χ1) is 9.75. The largest absolute Gasteiger partial charge is 0.335 e. The lowest BCUT2D eigenvalue weighted by molar-refractivity contribution is 0.943. The molecule has 100 valence electrons. The summed E-state index contributed by atoms with van der Waals surface area (Å²) in [7, 11) is 0. The van der Waals surface area contributed by atoms with E-state index in [1.807, 2.05) is 12.3 Å². The molecule has 4 heteroatoms. The van der Waals surface area contributed by atoms with Crippen molar-refractivity contribution in [2.24, 2.45) is 0 Å². The van der Waals surface area contributed by atoms with Gasteiger partial charge in [0.15, 0.2) is 0 Å². The Balaban J connectivity index is 1.96. The number of benzene rings is 1. The van der Waals surface area contributed by atoms with Crippen LogP contribution in [0.1, 0.15) is 17.5 Å². The van der Waals surface area contributed by atoms with Crippen LogP contribution in [0.4, 0.5) is 5.69 Å². The van der Waals surface area contributed by atoms with E-state index in [-0.39, 0.29) is 0 Å². The average molecular weight is 301 g/mol. The van der Waals surface area contributed by atoms with Crippen LogP contribution in [-0.2, 0) is 12.8 Å². The summed E-state index contributed by atoms with van der Waals surface area (Å²) in [6, 6.07) is 6.23. The Morgan fingerprint density at radius 2 is 2.15 bits per heavy atom. The molecule has 0 aliphatic carbocycles. The minimum Gasteiger partial charge on any atom is -0.335 e. The molecule has 20 heavy (non-hydrogen) atoms. The molecule has 2 aliphatic heterocycles. The smallest absolute Gasteiger partial charge is 0.0827 e. The molecule has 1 aromatic carbocycles. The summed E-state index contributed by atoms with van der Waals surface area (Å²) in [5.41, 5.74) is 6.09. The molecule has 2 nitrogen and oxygen atoms in total. The Morgan fingerprint density at radius 1 is 1.25 bits per heavy atom. The summed E-state index contributed by atoms with van der Waals surface area (Å²) >= 11 is 12.2. The monoisotopic (exact) mass is 300 g/mol. The zero-order valence-electron chi connectivity index (χ0n) is 10.9. The van der Waals surface area contributed by atoms with Gasteiger partial charge in [0.1, 0.15) is 0 Å². The first-order valence-electron chi connectivity index (χ1n) is 6.80. The molecule has 0 bridgehead atoms. The molecule has 0 fully saturated rings. The highest BCUT2D eigenvalue weighted by Gasteiger charge is 2.31. The topological polar surface area (TPSA) is 16.1 Å². The van der Waals surface area contributed by atoms with Crippen molar-refractivity contribution in [1.82, 2.24) is 4.98 Å². The second kappa shape index (κ2) is 4.54. The quantitative estimate of drug-likeness (QED) is 0.740. The standard InChI is InChI=1S/C16H13ClN2S/c17-15-12-3-4-14(20)19-7-5-10(16(12)19)8-13(15)11-2-1-6-18-9-11/h1-2,6,8-9H,3-5,7H2. The number of rotatable bonds is 1. The SMILES string of the molecule is S=C1CCc2c(Cl)c(-c3cccnc3)cc3c2N1CC3. The van der Waals surface area contributed by atoms with E-state index in [9.17, 15) is 0 Å². The van der Waals surface area contributed by atoms with Crippen LogP contribution in [0.3, 0.4) is 0 Å². The van der Waals surface area contributed by atoms with Crippen LogP contribution in [0.25, 0.3) is 11.1 Å². The fourth-order valence-electron chi connectivity index (χ4n) is 3.21. The molecule has 0 unspecified atom stereocenters. The van der Waals surface area contributed by atoms with Crippen molar-refractivity contribution >= 4 is 34.5 Å². The molecular weight excluding hydrogens is 288 g/mol. The molecule has 0 N–H and O–H groups in total. The maximum Gasteiger partial charge on any atom is 0.0827 e. The van der Waals surface area contributed by atoms with E-state index in [0.29, 0.717) is 0 Å². The summed E-state index contributed by atoms with van der Waals surface area (Å²) in [5, 5.41) is 0.867. The van der Waals surface area contributed by atoms with Gasteiger partial charge in [-0.05, 0) is 36.1 Å². The normalized spacial score (nSPS) is 16.4. The van der Waals surface area contributed by atoms with Crippen LogP contribution in [0.15, 0.2) is 30.6 Å². The van der Waals surface area contributed by atoms with Gasteiger partial charge in [-0.15, -0.1) is 0 Å². The molecular formula is C16H13ClN2S. The molecule has 2 aromatic rings. The van der Waals surface area contributed by atoms with E-state index < -0.39 is 0 Å². The summed E-state index contributed by atoms with van der Waals surface area (Å²) in [6.07, 6.45) is 6.59. The number of thiocarbonyl (C=S) groups is 1. The van der Waals surface area contributed by atoms with Gasteiger partial charge in [0.2, 0.25) is 0 Å². The average Bonchev–Trinajstić information content (AvgIpc) is 2.91. The number of hydrogen-bond acceptors (Lipinski definition) is 2. The fourth-order valence-corrected chi connectivity index (χ4v) is 3.85. The Labute approximate surface area is 128 Å². The van der Waals surface area contributed by atoms with Crippen LogP contribution in [0.2, 0.25) is 5.02 Å². The number of nitrogens with zero attached hydrogens (tertiary/aromatic N) is 2. The molecule has 0 amide bonds. The lowest BCUT2D eigenvalue weighted by Crippen LogP contribution is -2.31. The lowest BCUT2D eigenvalue weighted by atomic mass is 9.94. The third kappa shape index (κ3) is 1.70. The first kappa shape index (κ1) is 12.3. The van der Waals surface area contributed by atoms with E-state index in [0.717, 1.165) is 46.9 Å². The van der Waals surface area contributed by atoms with E-state index in [1.54, 1.807) is 6.20 Å². The van der Waals surface area contributed by atoms with Crippen molar-refractivity contribution in [3.8, 4) is 11.1 Å². The number of pyridine rings is 1. The molecule has 1 aromatic heterocycles. The zero-order chi connectivity index (χ0) is 13.7. The van der Waals surface area contributed by atoms with Crippen LogP contribution < -0.4 is 4.90 Å². The lowest BCUT2D eigenvalue weighted by Gasteiger charge is -2.29. The van der Waals surface area contributed by atoms with Crippen molar-refractivity contribution in [1.29, 1.82) is 0 Å². The summed E-state index contributed by atoms with van der Waals surface area (Å²) in [5.74, 6) is 0. The van der Waals surface area contributed by atoms with Gasteiger partial charge < -0.3 is 4.90 Å². The Morgan fingerprint density at radius 3 is 2.95 bits per heavy atom. The molecule has 0 saturated heterocycles. The second-order valence-corrected chi connectivity index (χ2v) is 6.11. The molecule has 4 rings (SSSR count). The summed E-state index contributed by atoms with van der Waals surface area (Å²) in [6.45, 7) is 0.994. The Hall–Kier alpha value is -1.45. The Kier molecular flexibility index (Phi) is 2.79. The van der Waals surface area contributed by atoms with Crippen molar-refractivity contribution in [3.05, 3.63) is 46.7 Å². The highest BCUT2D eigenvalue weighted by molar-refractivity contribution is 7.80. The van der Waals surface area contributed by atoms with Crippen LogP contribution in [-0.4, -0.2) is 16.5 Å². The van der Waals surface area contributed by atoms with Gasteiger partial charge in [-0.25, -0.2) is 0 Å². The molecule has 0 radical (unpaired) electrons. The number of halogens is 1. The molecule has 0 saturated carbocycles. The van der Waals surface area contributed by atoms with Crippen LogP contribution in [0.5, 0.6) is 0 Å². The first-order valence-corrected chi connectivity index (χ1v) is 7.59. The minimum absolute atomic E-state index is 0.867. The van der Waals surface area contributed by atoms with E-state index in [2.05, 4.69) is 22.0 Å². The molecule has 3 heterocycles.